The average molecular weight is 420 g/mol. The molecule has 2 heterocycles. The SMILES string of the molecule is CN=C(NCc1cccc(NC(=O)C2CCCCC2)c1)NCc1nnc2ccccn12. The number of aliphatic imine (C=N–C) groups is 1. The Morgan fingerprint density at radius 3 is 2.74 bits per heavy atom. The van der Waals surface area contributed by atoms with Crippen LogP contribution in [-0.4, -0.2) is 33.5 Å². The van der Waals surface area contributed by atoms with E-state index in [0.29, 0.717) is 19.0 Å². The molecule has 31 heavy (non-hydrogen) atoms. The molecule has 0 bridgehead atoms. The Morgan fingerprint density at radius 1 is 1.06 bits per heavy atom. The molecule has 1 fully saturated rings. The number of rotatable bonds is 6. The van der Waals surface area contributed by atoms with Crippen molar-refractivity contribution in [1.82, 2.24) is 25.2 Å². The van der Waals surface area contributed by atoms with Crippen molar-refractivity contribution in [2.75, 3.05) is 12.4 Å². The maximum Gasteiger partial charge on any atom is 0.227 e. The van der Waals surface area contributed by atoms with E-state index in [-0.39, 0.29) is 11.8 Å². The van der Waals surface area contributed by atoms with Crippen LogP contribution >= 0.6 is 0 Å². The number of fused-ring (bicyclic) bond motifs is 1. The number of aromatic nitrogens is 3. The fraction of sp³-hybridized carbons (Fsp3) is 0.391. The fourth-order valence-corrected chi connectivity index (χ4v) is 3.95. The Kier molecular flexibility index (Phi) is 6.76. The molecule has 3 N–H and O–H groups in total. The molecule has 1 aliphatic carbocycles. The normalized spacial score (nSPS) is 15.1. The van der Waals surface area contributed by atoms with E-state index in [1.54, 1.807) is 7.05 Å². The summed E-state index contributed by atoms with van der Waals surface area (Å²) < 4.78 is 1.94. The first-order chi connectivity index (χ1) is 15.2. The van der Waals surface area contributed by atoms with Gasteiger partial charge in [0.15, 0.2) is 17.4 Å². The van der Waals surface area contributed by atoms with Crippen LogP contribution in [0.25, 0.3) is 5.65 Å². The van der Waals surface area contributed by atoms with Crippen LogP contribution in [0.3, 0.4) is 0 Å². The number of hydrogen-bond donors (Lipinski definition) is 3. The van der Waals surface area contributed by atoms with E-state index < -0.39 is 0 Å². The van der Waals surface area contributed by atoms with Crippen molar-refractivity contribution in [2.24, 2.45) is 10.9 Å². The molecule has 0 spiro atoms. The minimum atomic E-state index is 0.141. The molecule has 0 aliphatic heterocycles. The van der Waals surface area contributed by atoms with E-state index in [0.717, 1.165) is 48.4 Å². The first-order valence-corrected chi connectivity index (χ1v) is 10.9. The van der Waals surface area contributed by atoms with Crippen LogP contribution in [-0.2, 0) is 17.9 Å². The Hall–Kier alpha value is -3.42. The molecular weight excluding hydrogens is 390 g/mol. The zero-order chi connectivity index (χ0) is 21.5. The summed E-state index contributed by atoms with van der Waals surface area (Å²) in [5, 5.41) is 18.0. The van der Waals surface area contributed by atoms with Crippen molar-refractivity contribution < 1.29 is 4.79 Å². The van der Waals surface area contributed by atoms with E-state index in [4.69, 9.17) is 0 Å². The van der Waals surface area contributed by atoms with Gasteiger partial charge in [-0.25, -0.2) is 0 Å². The van der Waals surface area contributed by atoms with Crippen LogP contribution in [0, 0.1) is 5.92 Å². The fourth-order valence-electron chi connectivity index (χ4n) is 3.95. The van der Waals surface area contributed by atoms with Crippen LogP contribution in [0.15, 0.2) is 53.7 Å². The molecule has 1 aliphatic rings. The quantitative estimate of drug-likeness (QED) is 0.421. The summed E-state index contributed by atoms with van der Waals surface area (Å²) in [4.78, 5) is 16.8. The molecule has 0 saturated heterocycles. The number of hydrogen-bond acceptors (Lipinski definition) is 4. The molecule has 3 aromatic rings. The van der Waals surface area contributed by atoms with Gasteiger partial charge in [0.1, 0.15) is 0 Å². The lowest BCUT2D eigenvalue weighted by Gasteiger charge is -2.21. The van der Waals surface area contributed by atoms with Gasteiger partial charge in [0, 0.05) is 31.4 Å². The predicted molar refractivity (Wildman–Crippen MR) is 122 cm³/mol. The van der Waals surface area contributed by atoms with Crippen molar-refractivity contribution >= 4 is 23.2 Å². The molecule has 0 radical (unpaired) electrons. The van der Waals surface area contributed by atoms with Crippen molar-refractivity contribution in [3.63, 3.8) is 0 Å². The molecule has 2 aromatic heterocycles. The first kappa shape index (κ1) is 20.8. The second-order valence-electron chi connectivity index (χ2n) is 7.85. The molecule has 1 aromatic carbocycles. The van der Waals surface area contributed by atoms with E-state index in [2.05, 4.69) is 31.1 Å². The van der Waals surface area contributed by atoms with E-state index in [1.165, 1.54) is 6.42 Å². The highest BCUT2D eigenvalue weighted by molar-refractivity contribution is 5.92. The topological polar surface area (TPSA) is 95.7 Å². The zero-order valence-corrected chi connectivity index (χ0v) is 17.8. The highest BCUT2D eigenvalue weighted by Crippen LogP contribution is 2.25. The summed E-state index contributed by atoms with van der Waals surface area (Å²) in [5.41, 5.74) is 2.72. The van der Waals surface area contributed by atoms with Gasteiger partial charge in [-0.3, -0.25) is 14.2 Å². The summed E-state index contributed by atoms with van der Waals surface area (Å²) in [6.45, 7) is 1.09. The number of nitrogens with zero attached hydrogens (tertiary/aromatic N) is 4. The van der Waals surface area contributed by atoms with E-state index in [1.807, 2.05) is 53.1 Å². The van der Waals surface area contributed by atoms with Crippen molar-refractivity contribution in [3.8, 4) is 0 Å². The first-order valence-electron chi connectivity index (χ1n) is 10.9. The molecule has 1 amide bonds. The molecule has 162 valence electrons. The second kappa shape index (κ2) is 10.1. The summed E-state index contributed by atoms with van der Waals surface area (Å²) in [6.07, 6.45) is 7.48. The molecule has 8 nitrogen and oxygen atoms in total. The summed E-state index contributed by atoms with van der Waals surface area (Å²) in [7, 11) is 1.73. The Labute approximate surface area is 182 Å². The summed E-state index contributed by atoms with van der Waals surface area (Å²) in [6, 6.07) is 13.7. The number of pyridine rings is 1. The number of carbonyl (C=O) groups excluding carboxylic acids is 1. The lowest BCUT2D eigenvalue weighted by Crippen LogP contribution is -2.36. The number of guanidine groups is 1. The Morgan fingerprint density at radius 2 is 1.90 bits per heavy atom. The Bertz CT molecular complexity index is 1050. The number of nitrogens with one attached hydrogen (secondary N) is 3. The maximum atomic E-state index is 12.5. The maximum absolute atomic E-state index is 12.5. The van der Waals surface area contributed by atoms with E-state index >= 15 is 0 Å². The van der Waals surface area contributed by atoms with Crippen molar-refractivity contribution in [2.45, 2.75) is 45.2 Å². The second-order valence-corrected chi connectivity index (χ2v) is 7.85. The highest BCUT2D eigenvalue weighted by atomic mass is 16.1. The molecule has 0 atom stereocenters. The van der Waals surface area contributed by atoms with Crippen LogP contribution in [0.2, 0.25) is 0 Å². The van der Waals surface area contributed by atoms with Crippen LogP contribution in [0.4, 0.5) is 5.69 Å². The third-order valence-electron chi connectivity index (χ3n) is 5.65. The van der Waals surface area contributed by atoms with Crippen LogP contribution in [0.5, 0.6) is 0 Å². The number of benzene rings is 1. The monoisotopic (exact) mass is 419 g/mol. The molecule has 0 unspecified atom stereocenters. The van der Waals surface area contributed by atoms with Crippen molar-refractivity contribution in [3.05, 3.63) is 60.0 Å². The van der Waals surface area contributed by atoms with Gasteiger partial charge in [-0.2, -0.15) is 0 Å². The van der Waals surface area contributed by atoms with Gasteiger partial charge in [0.25, 0.3) is 0 Å². The van der Waals surface area contributed by atoms with Gasteiger partial charge < -0.3 is 16.0 Å². The van der Waals surface area contributed by atoms with Gasteiger partial charge in [0.05, 0.1) is 6.54 Å². The minimum absolute atomic E-state index is 0.141. The number of anilines is 1. The summed E-state index contributed by atoms with van der Waals surface area (Å²) in [5.74, 6) is 1.77. The van der Waals surface area contributed by atoms with Gasteiger partial charge in [-0.15, -0.1) is 10.2 Å². The largest absolute Gasteiger partial charge is 0.352 e. The third-order valence-corrected chi connectivity index (χ3v) is 5.65. The lowest BCUT2D eigenvalue weighted by molar-refractivity contribution is -0.120. The van der Waals surface area contributed by atoms with Crippen LogP contribution in [0.1, 0.15) is 43.5 Å². The van der Waals surface area contributed by atoms with Gasteiger partial charge >= 0.3 is 0 Å². The van der Waals surface area contributed by atoms with Gasteiger partial charge in [-0.1, -0.05) is 37.5 Å². The standard InChI is InChI=1S/C23H29N7O/c1-24-23(26-16-21-29-28-20-12-5-6-13-30(20)21)25-15-17-8-7-11-19(14-17)27-22(31)18-9-3-2-4-10-18/h5-8,11-14,18H,2-4,9-10,15-16H2,1H3,(H,27,31)(H2,24,25,26). The molecule has 1 saturated carbocycles. The Balaban J connectivity index is 1.30. The predicted octanol–water partition coefficient (Wildman–Crippen LogP) is 3.11. The van der Waals surface area contributed by atoms with Crippen molar-refractivity contribution in [1.29, 1.82) is 0 Å². The minimum Gasteiger partial charge on any atom is -0.352 e. The van der Waals surface area contributed by atoms with Gasteiger partial charge in [0.2, 0.25) is 5.91 Å². The number of amides is 1. The third kappa shape index (κ3) is 5.39. The lowest BCUT2D eigenvalue weighted by atomic mass is 9.88. The highest BCUT2D eigenvalue weighted by Gasteiger charge is 2.21. The zero-order valence-electron chi connectivity index (χ0n) is 17.8. The van der Waals surface area contributed by atoms with Crippen LogP contribution < -0.4 is 16.0 Å². The molecular formula is C23H29N7O. The summed E-state index contributed by atoms with van der Waals surface area (Å²) >= 11 is 0. The molecule has 8 heteroatoms. The van der Waals surface area contributed by atoms with E-state index in [9.17, 15) is 4.79 Å². The average Bonchev–Trinajstić information content (AvgIpc) is 3.23. The smallest absolute Gasteiger partial charge is 0.227 e. The number of carbonyl (C=O) groups is 1. The molecule has 4 rings (SSSR count). The van der Waals surface area contributed by atoms with Gasteiger partial charge in [-0.05, 0) is 42.7 Å².